The largest absolute Gasteiger partial charge is 0.345 e. The van der Waals surface area contributed by atoms with E-state index in [-0.39, 0.29) is 5.91 Å². The minimum atomic E-state index is -0.225. The van der Waals surface area contributed by atoms with E-state index in [1.54, 1.807) is 24.8 Å². The van der Waals surface area contributed by atoms with Crippen molar-refractivity contribution < 1.29 is 4.79 Å². The van der Waals surface area contributed by atoms with Gasteiger partial charge in [0.1, 0.15) is 11.3 Å². The summed E-state index contributed by atoms with van der Waals surface area (Å²) in [7, 11) is 0. The number of nitrogens with zero attached hydrogens (tertiary/aromatic N) is 4. The maximum absolute atomic E-state index is 12.0. The summed E-state index contributed by atoms with van der Waals surface area (Å²) in [6.45, 7) is 2.33. The van der Waals surface area contributed by atoms with Crippen LogP contribution in [0.15, 0.2) is 43.1 Å². The highest BCUT2D eigenvalue weighted by molar-refractivity contribution is 5.92. The molecule has 0 bridgehead atoms. The molecule has 0 aromatic carbocycles. The van der Waals surface area contributed by atoms with Gasteiger partial charge in [0.15, 0.2) is 0 Å². The Balaban J connectivity index is 1.75. The van der Waals surface area contributed by atoms with Gasteiger partial charge < -0.3 is 9.72 Å². The van der Waals surface area contributed by atoms with Gasteiger partial charge in [-0.2, -0.15) is 0 Å². The maximum atomic E-state index is 12.0. The molecule has 1 amide bonds. The molecule has 0 unspecified atom stereocenters. The van der Waals surface area contributed by atoms with Crippen molar-refractivity contribution in [2.45, 2.75) is 13.5 Å². The Morgan fingerprint density at radius 3 is 3.00 bits per heavy atom. The summed E-state index contributed by atoms with van der Waals surface area (Å²) in [5.74, 6) is -0.225. The van der Waals surface area contributed by atoms with Crippen molar-refractivity contribution in [1.82, 2.24) is 24.7 Å². The molecule has 0 fully saturated rings. The van der Waals surface area contributed by atoms with Crippen molar-refractivity contribution >= 4 is 11.6 Å². The summed E-state index contributed by atoms with van der Waals surface area (Å²) < 4.78 is 1.84. The molecule has 20 heavy (non-hydrogen) atoms. The van der Waals surface area contributed by atoms with E-state index in [1.165, 1.54) is 0 Å². The third-order valence-electron chi connectivity index (χ3n) is 2.88. The van der Waals surface area contributed by atoms with Crippen molar-refractivity contribution in [3.05, 3.63) is 60.1 Å². The quantitative estimate of drug-likeness (QED) is 0.777. The number of aromatic nitrogens is 4. The molecule has 3 aromatic heterocycles. The second-order valence-electron chi connectivity index (χ2n) is 4.48. The third-order valence-corrected chi connectivity index (χ3v) is 2.88. The zero-order chi connectivity index (χ0) is 13.9. The molecule has 1 N–H and O–H groups in total. The molecule has 0 aliphatic heterocycles. The molecule has 0 aliphatic carbocycles. The average Bonchev–Trinajstić information content (AvgIpc) is 2.89. The van der Waals surface area contributed by atoms with Crippen LogP contribution in [0.4, 0.5) is 0 Å². The first-order chi connectivity index (χ1) is 9.72. The molecule has 0 saturated heterocycles. The molecule has 100 valence electrons. The SMILES string of the molecule is Cc1ccc2nc(C(=O)NCc3cnccn3)cn2c1. The van der Waals surface area contributed by atoms with Gasteiger partial charge in [-0.1, -0.05) is 6.07 Å². The van der Waals surface area contributed by atoms with Gasteiger partial charge in [0, 0.05) is 24.8 Å². The Kier molecular flexibility index (Phi) is 3.12. The van der Waals surface area contributed by atoms with E-state index in [2.05, 4.69) is 20.3 Å². The first-order valence-corrected chi connectivity index (χ1v) is 6.21. The normalized spacial score (nSPS) is 10.7. The fourth-order valence-corrected chi connectivity index (χ4v) is 1.90. The lowest BCUT2D eigenvalue weighted by Crippen LogP contribution is -2.23. The lowest BCUT2D eigenvalue weighted by Gasteiger charge is -2.01. The Bertz CT molecular complexity index is 751. The molecule has 0 saturated carbocycles. The van der Waals surface area contributed by atoms with Gasteiger partial charge in [-0.05, 0) is 18.6 Å². The van der Waals surface area contributed by atoms with Gasteiger partial charge in [0.25, 0.3) is 5.91 Å². The lowest BCUT2D eigenvalue weighted by atomic mass is 10.3. The third kappa shape index (κ3) is 2.49. The van der Waals surface area contributed by atoms with Crippen molar-refractivity contribution in [3.8, 4) is 0 Å². The number of pyridine rings is 1. The summed E-state index contributed by atoms with van der Waals surface area (Å²) >= 11 is 0. The Labute approximate surface area is 115 Å². The topological polar surface area (TPSA) is 72.2 Å². The van der Waals surface area contributed by atoms with Crippen LogP contribution in [0, 0.1) is 6.92 Å². The molecule has 3 aromatic rings. The summed E-state index contributed by atoms with van der Waals surface area (Å²) in [6.07, 6.45) is 8.45. The Hall–Kier alpha value is -2.76. The van der Waals surface area contributed by atoms with E-state index >= 15 is 0 Å². The molecule has 0 atom stereocenters. The van der Waals surface area contributed by atoms with E-state index in [1.807, 2.05) is 29.7 Å². The second kappa shape index (κ2) is 5.08. The highest BCUT2D eigenvalue weighted by Crippen LogP contribution is 2.07. The van der Waals surface area contributed by atoms with E-state index in [0.717, 1.165) is 11.2 Å². The molecule has 3 rings (SSSR count). The fourth-order valence-electron chi connectivity index (χ4n) is 1.90. The average molecular weight is 267 g/mol. The monoisotopic (exact) mass is 267 g/mol. The summed E-state index contributed by atoms with van der Waals surface area (Å²) in [5, 5.41) is 2.77. The number of imidazole rings is 1. The zero-order valence-electron chi connectivity index (χ0n) is 10.9. The lowest BCUT2D eigenvalue weighted by molar-refractivity contribution is 0.0946. The number of carbonyl (C=O) groups excluding carboxylic acids is 1. The highest BCUT2D eigenvalue weighted by Gasteiger charge is 2.10. The molecular weight excluding hydrogens is 254 g/mol. The van der Waals surface area contributed by atoms with Crippen molar-refractivity contribution in [2.24, 2.45) is 0 Å². The first kappa shape index (κ1) is 12.3. The molecule has 0 spiro atoms. The predicted octanol–water partition coefficient (Wildman–Crippen LogP) is 1.36. The Morgan fingerprint density at radius 1 is 1.30 bits per heavy atom. The van der Waals surface area contributed by atoms with E-state index in [0.29, 0.717) is 17.9 Å². The smallest absolute Gasteiger partial charge is 0.271 e. The van der Waals surface area contributed by atoms with Crippen molar-refractivity contribution in [3.63, 3.8) is 0 Å². The number of hydrogen-bond acceptors (Lipinski definition) is 4. The zero-order valence-corrected chi connectivity index (χ0v) is 10.9. The summed E-state index contributed by atoms with van der Waals surface area (Å²) in [4.78, 5) is 24.4. The number of carbonyl (C=O) groups is 1. The van der Waals surface area contributed by atoms with Crippen LogP contribution in [-0.4, -0.2) is 25.3 Å². The minimum absolute atomic E-state index is 0.225. The van der Waals surface area contributed by atoms with Gasteiger partial charge in [-0.15, -0.1) is 0 Å². The van der Waals surface area contributed by atoms with E-state index < -0.39 is 0 Å². The van der Waals surface area contributed by atoms with Gasteiger partial charge in [-0.3, -0.25) is 14.8 Å². The van der Waals surface area contributed by atoms with Gasteiger partial charge in [-0.25, -0.2) is 4.98 Å². The maximum Gasteiger partial charge on any atom is 0.271 e. The minimum Gasteiger partial charge on any atom is -0.345 e. The standard InChI is InChI=1S/C14H13N5O/c1-10-2-3-13-18-12(9-19(13)8-10)14(20)17-7-11-6-15-4-5-16-11/h2-6,8-9H,7H2,1H3,(H,17,20). The van der Waals surface area contributed by atoms with Crippen LogP contribution in [0.3, 0.4) is 0 Å². The van der Waals surface area contributed by atoms with Crippen molar-refractivity contribution in [1.29, 1.82) is 0 Å². The molecule has 3 heterocycles. The van der Waals surface area contributed by atoms with Gasteiger partial charge in [0.05, 0.1) is 18.4 Å². The van der Waals surface area contributed by atoms with Crippen molar-refractivity contribution in [2.75, 3.05) is 0 Å². The van der Waals surface area contributed by atoms with E-state index in [4.69, 9.17) is 0 Å². The van der Waals surface area contributed by atoms with Crippen LogP contribution in [-0.2, 0) is 6.54 Å². The van der Waals surface area contributed by atoms with Crippen LogP contribution < -0.4 is 5.32 Å². The molecular formula is C14H13N5O. The fraction of sp³-hybridized carbons (Fsp3) is 0.143. The predicted molar refractivity (Wildman–Crippen MR) is 73.1 cm³/mol. The van der Waals surface area contributed by atoms with Crippen LogP contribution in [0.2, 0.25) is 0 Å². The highest BCUT2D eigenvalue weighted by atomic mass is 16.1. The number of rotatable bonds is 3. The first-order valence-electron chi connectivity index (χ1n) is 6.21. The number of amides is 1. The molecule has 0 radical (unpaired) electrons. The van der Waals surface area contributed by atoms with Crippen LogP contribution >= 0.6 is 0 Å². The second-order valence-corrected chi connectivity index (χ2v) is 4.48. The van der Waals surface area contributed by atoms with Crippen LogP contribution in [0.25, 0.3) is 5.65 Å². The summed E-state index contributed by atoms with van der Waals surface area (Å²) in [6, 6.07) is 3.85. The van der Waals surface area contributed by atoms with Crippen LogP contribution in [0.5, 0.6) is 0 Å². The van der Waals surface area contributed by atoms with Crippen LogP contribution in [0.1, 0.15) is 21.7 Å². The molecule has 6 nitrogen and oxygen atoms in total. The Morgan fingerprint density at radius 2 is 2.20 bits per heavy atom. The van der Waals surface area contributed by atoms with E-state index in [9.17, 15) is 4.79 Å². The number of fused-ring (bicyclic) bond motifs is 1. The number of nitrogens with one attached hydrogen (secondary N) is 1. The number of hydrogen-bond donors (Lipinski definition) is 1. The summed E-state index contributed by atoms with van der Waals surface area (Å²) in [5.41, 5.74) is 2.96. The molecule has 0 aliphatic rings. The number of aryl methyl sites for hydroxylation is 1. The van der Waals surface area contributed by atoms with Gasteiger partial charge >= 0.3 is 0 Å². The van der Waals surface area contributed by atoms with Gasteiger partial charge in [0.2, 0.25) is 0 Å². The molecule has 6 heteroatoms.